The quantitative estimate of drug-likeness (QED) is 0.761. The van der Waals surface area contributed by atoms with E-state index in [2.05, 4.69) is 41.6 Å². The van der Waals surface area contributed by atoms with Crippen molar-refractivity contribution in [3.05, 3.63) is 35.7 Å². The van der Waals surface area contributed by atoms with E-state index in [9.17, 15) is 0 Å². The van der Waals surface area contributed by atoms with Crippen molar-refractivity contribution in [1.82, 2.24) is 14.9 Å². The van der Waals surface area contributed by atoms with Gasteiger partial charge in [0.05, 0.1) is 11.2 Å². The smallest absolute Gasteiger partial charge is 0.0679 e. The van der Waals surface area contributed by atoms with Gasteiger partial charge in [0.1, 0.15) is 0 Å². The number of rotatable bonds is 1. The highest BCUT2D eigenvalue weighted by atomic mass is 15.2. The zero-order valence-corrected chi connectivity index (χ0v) is 8.90. The molecule has 0 saturated carbocycles. The van der Waals surface area contributed by atoms with Crippen LogP contribution in [-0.2, 0) is 0 Å². The maximum absolute atomic E-state index is 4.67. The van der Waals surface area contributed by atoms with Crippen LogP contribution in [0.15, 0.2) is 24.3 Å². The Labute approximate surface area is 89.1 Å². The third-order valence-electron chi connectivity index (χ3n) is 3.17. The molecule has 0 amide bonds. The fraction of sp³-hybridized carbons (Fsp3) is 0.417. The van der Waals surface area contributed by atoms with Crippen LogP contribution in [0, 0.1) is 6.92 Å². The van der Waals surface area contributed by atoms with Crippen molar-refractivity contribution in [2.45, 2.75) is 19.3 Å². The van der Waals surface area contributed by atoms with E-state index in [1.165, 1.54) is 23.3 Å². The van der Waals surface area contributed by atoms with Gasteiger partial charge < -0.3 is 5.32 Å². The van der Waals surface area contributed by atoms with Gasteiger partial charge in [-0.2, -0.15) is 5.10 Å². The molecule has 0 radical (unpaired) electrons. The summed E-state index contributed by atoms with van der Waals surface area (Å²) >= 11 is 0. The number of fused-ring (bicyclic) bond motifs is 1. The second-order valence-corrected chi connectivity index (χ2v) is 4.26. The van der Waals surface area contributed by atoms with Crippen molar-refractivity contribution in [3.63, 3.8) is 0 Å². The number of hydrogen-bond acceptors (Lipinski definition) is 2. The standard InChI is InChI=1S/C12H15N3/c1-9-3-2-4-11-7-12(14-15(9)11)10-5-6-13-8-10/h2-4,7,10,13H,5-6,8H2,1H3. The van der Waals surface area contributed by atoms with Gasteiger partial charge in [0.15, 0.2) is 0 Å². The lowest BCUT2D eigenvalue weighted by atomic mass is 10.1. The van der Waals surface area contributed by atoms with Crippen molar-refractivity contribution in [2.75, 3.05) is 13.1 Å². The van der Waals surface area contributed by atoms with Crippen molar-refractivity contribution in [2.24, 2.45) is 0 Å². The molecule has 1 fully saturated rings. The Bertz CT molecular complexity index is 481. The molecule has 0 aromatic carbocycles. The Morgan fingerprint density at radius 3 is 3.13 bits per heavy atom. The summed E-state index contributed by atoms with van der Waals surface area (Å²) in [5.74, 6) is 0.601. The first kappa shape index (κ1) is 8.92. The van der Waals surface area contributed by atoms with E-state index in [0.717, 1.165) is 13.1 Å². The second kappa shape index (κ2) is 3.35. The molecule has 1 atom stereocenters. The molecular weight excluding hydrogens is 186 g/mol. The molecule has 78 valence electrons. The topological polar surface area (TPSA) is 29.3 Å². The Morgan fingerprint density at radius 2 is 2.40 bits per heavy atom. The molecule has 2 aromatic heterocycles. The predicted molar refractivity (Wildman–Crippen MR) is 60.2 cm³/mol. The highest BCUT2D eigenvalue weighted by Crippen LogP contribution is 2.22. The summed E-state index contributed by atoms with van der Waals surface area (Å²) in [5, 5.41) is 8.05. The molecule has 1 unspecified atom stereocenters. The lowest BCUT2D eigenvalue weighted by molar-refractivity contribution is 0.715. The van der Waals surface area contributed by atoms with Crippen molar-refractivity contribution in [1.29, 1.82) is 0 Å². The lowest BCUT2D eigenvalue weighted by Gasteiger charge is -2.01. The Hall–Kier alpha value is -1.35. The van der Waals surface area contributed by atoms with Gasteiger partial charge in [0.25, 0.3) is 0 Å². The number of aromatic nitrogens is 2. The van der Waals surface area contributed by atoms with Crippen LogP contribution < -0.4 is 5.32 Å². The molecule has 15 heavy (non-hydrogen) atoms. The number of nitrogens with zero attached hydrogens (tertiary/aromatic N) is 2. The van der Waals surface area contributed by atoms with Crippen LogP contribution in [0.2, 0.25) is 0 Å². The first-order valence-corrected chi connectivity index (χ1v) is 5.50. The molecule has 1 aliphatic heterocycles. The molecule has 3 nitrogen and oxygen atoms in total. The summed E-state index contributed by atoms with van der Waals surface area (Å²) in [6, 6.07) is 8.51. The zero-order chi connectivity index (χ0) is 10.3. The molecule has 1 aliphatic rings. The molecule has 3 heterocycles. The first-order valence-electron chi connectivity index (χ1n) is 5.50. The van der Waals surface area contributed by atoms with Crippen molar-refractivity contribution >= 4 is 5.52 Å². The van der Waals surface area contributed by atoms with Gasteiger partial charge in [-0.25, -0.2) is 4.52 Å². The number of pyridine rings is 1. The van der Waals surface area contributed by atoms with Crippen LogP contribution in [0.3, 0.4) is 0 Å². The minimum absolute atomic E-state index is 0.601. The normalized spacial score (nSPS) is 21.3. The summed E-state index contributed by atoms with van der Waals surface area (Å²) in [7, 11) is 0. The fourth-order valence-electron chi connectivity index (χ4n) is 2.28. The highest BCUT2D eigenvalue weighted by Gasteiger charge is 2.19. The minimum atomic E-state index is 0.601. The third kappa shape index (κ3) is 1.43. The van der Waals surface area contributed by atoms with E-state index in [0.29, 0.717) is 5.92 Å². The number of aryl methyl sites for hydroxylation is 1. The molecular formula is C12H15N3. The first-order chi connectivity index (χ1) is 7.34. The summed E-state index contributed by atoms with van der Waals surface area (Å²) < 4.78 is 2.04. The van der Waals surface area contributed by atoms with Gasteiger partial charge in [-0.15, -0.1) is 0 Å². The molecule has 1 saturated heterocycles. The van der Waals surface area contributed by atoms with Gasteiger partial charge >= 0.3 is 0 Å². The summed E-state index contributed by atoms with van der Waals surface area (Å²) in [6.07, 6.45) is 1.21. The fourth-order valence-corrected chi connectivity index (χ4v) is 2.28. The van der Waals surface area contributed by atoms with Gasteiger partial charge in [0, 0.05) is 18.2 Å². The van der Waals surface area contributed by atoms with E-state index in [1.54, 1.807) is 0 Å². The van der Waals surface area contributed by atoms with Crippen LogP contribution in [0.1, 0.15) is 23.7 Å². The highest BCUT2D eigenvalue weighted by molar-refractivity contribution is 5.49. The molecule has 2 aromatic rings. The van der Waals surface area contributed by atoms with Gasteiger partial charge in [-0.05, 0) is 38.1 Å². The van der Waals surface area contributed by atoms with E-state index in [4.69, 9.17) is 0 Å². The molecule has 0 spiro atoms. The van der Waals surface area contributed by atoms with Crippen molar-refractivity contribution in [3.8, 4) is 0 Å². The zero-order valence-electron chi connectivity index (χ0n) is 8.90. The SMILES string of the molecule is Cc1cccc2cc(C3CCNC3)nn12. The Kier molecular flexibility index (Phi) is 1.99. The maximum Gasteiger partial charge on any atom is 0.0679 e. The average molecular weight is 201 g/mol. The average Bonchev–Trinajstić information content (AvgIpc) is 2.86. The van der Waals surface area contributed by atoms with E-state index < -0.39 is 0 Å². The van der Waals surface area contributed by atoms with Gasteiger partial charge in [-0.1, -0.05) is 6.07 Å². The molecule has 1 N–H and O–H groups in total. The van der Waals surface area contributed by atoms with E-state index >= 15 is 0 Å². The number of nitrogens with one attached hydrogen (secondary N) is 1. The summed E-state index contributed by atoms with van der Waals surface area (Å²) in [5.41, 5.74) is 3.64. The van der Waals surface area contributed by atoms with E-state index in [-0.39, 0.29) is 0 Å². The Balaban J connectivity index is 2.09. The van der Waals surface area contributed by atoms with Gasteiger partial charge in [-0.3, -0.25) is 0 Å². The van der Waals surface area contributed by atoms with Crippen LogP contribution in [-0.4, -0.2) is 22.7 Å². The molecule has 0 aliphatic carbocycles. The largest absolute Gasteiger partial charge is 0.316 e. The minimum Gasteiger partial charge on any atom is -0.316 e. The maximum atomic E-state index is 4.67. The second-order valence-electron chi connectivity index (χ2n) is 4.26. The molecule has 3 heteroatoms. The van der Waals surface area contributed by atoms with E-state index in [1.807, 2.05) is 4.52 Å². The van der Waals surface area contributed by atoms with Crippen LogP contribution in [0.25, 0.3) is 5.52 Å². The predicted octanol–water partition coefficient (Wildman–Crippen LogP) is 1.72. The monoisotopic (exact) mass is 201 g/mol. The van der Waals surface area contributed by atoms with Crippen LogP contribution in [0.5, 0.6) is 0 Å². The van der Waals surface area contributed by atoms with Crippen LogP contribution >= 0.6 is 0 Å². The van der Waals surface area contributed by atoms with Gasteiger partial charge in [0.2, 0.25) is 0 Å². The van der Waals surface area contributed by atoms with Crippen LogP contribution in [0.4, 0.5) is 0 Å². The Morgan fingerprint density at radius 1 is 1.47 bits per heavy atom. The number of hydrogen-bond donors (Lipinski definition) is 1. The van der Waals surface area contributed by atoms with Crippen molar-refractivity contribution < 1.29 is 0 Å². The third-order valence-corrected chi connectivity index (χ3v) is 3.17. The summed E-state index contributed by atoms with van der Waals surface area (Å²) in [4.78, 5) is 0. The molecule has 0 bridgehead atoms. The molecule has 3 rings (SSSR count). The summed E-state index contributed by atoms with van der Waals surface area (Å²) in [6.45, 7) is 4.29. The lowest BCUT2D eigenvalue weighted by Crippen LogP contribution is -2.08.